The second-order valence-electron chi connectivity index (χ2n) is 5.91. The van der Waals surface area contributed by atoms with Gasteiger partial charge in [-0.2, -0.15) is 0 Å². The lowest BCUT2D eigenvalue weighted by atomic mass is 9.95. The number of benzene rings is 1. The second kappa shape index (κ2) is 8.17. The van der Waals surface area contributed by atoms with E-state index in [1.165, 1.54) is 11.3 Å². The largest absolute Gasteiger partial charge is 0.452 e. The van der Waals surface area contributed by atoms with Crippen molar-refractivity contribution in [1.82, 2.24) is 0 Å². The molecular weight excluding hydrogens is 467 g/mol. The molecule has 1 aliphatic carbocycles. The molecule has 2 aromatic rings. The number of nitrogens with one attached hydrogen (secondary N) is 1. The molecule has 26 heavy (non-hydrogen) atoms. The summed E-state index contributed by atoms with van der Waals surface area (Å²) in [6.07, 6.45) is 3.75. The average molecular weight is 484 g/mol. The lowest BCUT2D eigenvalue weighted by Gasteiger charge is -2.11. The molecule has 0 saturated heterocycles. The molecule has 0 atom stereocenters. The van der Waals surface area contributed by atoms with Crippen LogP contribution in [0.5, 0.6) is 0 Å². The Hall–Kier alpha value is -1.94. The van der Waals surface area contributed by atoms with Gasteiger partial charge in [0, 0.05) is 8.45 Å². The maximum Gasteiger partial charge on any atom is 0.338 e. The third-order valence-corrected chi connectivity index (χ3v) is 5.94. The van der Waals surface area contributed by atoms with E-state index in [4.69, 9.17) is 10.5 Å². The van der Waals surface area contributed by atoms with E-state index in [1.54, 1.807) is 18.2 Å². The number of esters is 1. The third-order valence-electron chi connectivity index (χ3n) is 4.07. The molecule has 0 radical (unpaired) electrons. The van der Waals surface area contributed by atoms with Crippen LogP contribution in [0.25, 0.3) is 0 Å². The number of halogens is 1. The Kier molecular flexibility index (Phi) is 5.92. The van der Waals surface area contributed by atoms with Gasteiger partial charge < -0.3 is 15.8 Å². The van der Waals surface area contributed by atoms with Crippen LogP contribution in [0.4, 0.5) is 5.00 Å². The number of carbonyl (C=O) groups is 3. The van der Waals surface area contributed by atoms with Crippen LogP contribution in [-0.4, -0.2) is 24.4 Å². The van der Waals surface area contributed by atoms with Crippen molar-refractivity contribution in [3.63, 3.8) is 0 Å². The van der Waals surface area contributed by atoms with Gasteiger partial charge in [0.1, 0.15) is 5.00 Å². The standard InChI is InChI=1S/C18H17IN2O4S/c19-11-5-3-4-10(8-11)18(24)25-9-14(22)21-17-15(16(20)23)12-6-1-2-7-13(12)26-17/h3-5,8H,1-2,6-7,9H2,(H2,20,23)(H,21,22). The van der Waals surface area contributed by atoms with Crippen molar-refractivity contribution in [2.45, 2.75) is 25.7 Å². The molecule has 1 aromatic heterocycles. The molecular formula is C18H17IN2O4S. The Balaban J connectivity index is 1.66. The molecule has 0 aliphatic heterocycles. The number of hydrogen-bond acceptors (Lipinski definition) is 5. The number of ether oxygens (including phenoxy) is 1. The second-order valence-corrected chi connectivity index (χ2v) is 8.26. The number of hydrogen-bond donors (Lipinski definition) is 2. The van der Waals surface area contributed by atoms with Gasteiger partial charge in [-0.15, -0.1) is 11.3 Å². The van der Waals surface area contributed by atoms with Crippen LogP contribution in [0.3, 0.4) is 0 Å². The summed E-state index contributed by atoms with van der Waals surface area (Å²) in [5, 5.41) is 3.11. The highest BCUT2D eigenvalue weighted by molar-refractivity contribution is 14.1. The molecule has 0 unspecified atom stereocenters. The molecule has 136 valence electrons. The number of amides is 2. The molecule has 6 nitrogen and oxygen atoms in total. The van der Waals surface area contributed by atoms with Gasteiger partial charge >= 0.3 is 5.97 Å². The van der Waals surface area contributed by atoms with E-state index in [0.717, 1.165) is 39.7 Å². The number of carbonyl (C=O) groups excluding carboxylic acids is 3. The first-order chi connectivity index (χ1) is 12.5. The maximum absolute atomic E-state index is 12.2. The summed E-state index contributed by atoms with van der Waals surface area (Å²) in [7, 11) is 0. The summed E-state index contributed by atoms with van der Waals surface area (Å²) < 4.78 is 5.95. The van der Waals surface area contributed by atoms with E-state index >= 15 is 0 Å². The number of rotatable bonds is 5. The monoisotopic (exact) mass is 484 g/mol. The zero-order chi connectivity index (χ0) is 18.7. The molecule has 1 aromatic carbocycles. The highest BCUT2D eigenvalue weighted by Crippen LogP contribution is 2.37. The lowest BCUT2D eigenvalue weighted by molar-refractivity contribution is -0.119. The van der Waals surface area contributed by atoms with Crippen molar-refractivity contribution in [3.8, 4) is 0 Å². The Morgan fingerprint density at radius 3 is 2.73 bits per heavy atom. The number of aryl methyl sites for hydroxylation is 1. The summed E-state index contributed by atoms with van der Waals surface area (Å²) in [4.78, 5) is 37.1. The number of fused-ring (bicyclic) bond motifs is 1. The van der Waals surface area contributed by atoms with Crippen LogP contribution in [0, 0.1) is 3.57 Å². The first-order valence-corrected chi connectivity index (χ1v) is 10.0. The summed E-state index contributed by atoms with van der Waals surface area (Å²) in [5.74, 6) is -1.61. The van der Waals surface area contributed by atoms with Gasteiger partial charge in [0.2, 0.25) is 0 Å². The van der Waals surface area contributed by atoms with Crippen LogP contribution >= 0.6 is 33.9 Å². The molecule has 2 amide bonds. The van der Waals surface area contributed by atoms with Crippen molar-refractivity contribution in [2.75, 3.05) is 11.9 Å². The van der Waals surface area contributed by atoms with Gasteiger partial charge in [0.15, 0.2) is 6.61 Å². The van der Waals surface area contributed by atoms with Crippen molar-refractivity contribution in [2.24, 2.45) is 5.73 Å². The molecule has 0 bridgehead atoms. The topological polar surface area (TPSA) is 98.5 Å². The van der Waals surface area contributed by atoms with E-state index < -0.39 is 24.4 Å². The molecule has 0 saturated carbocycles. The SMILES string of the molecule is NC(=O)c1c(NC(=O)COC(=O)c2cccc(I)c2)sc2c1CCCC2. The summed E-state index contributed by atoms with van der Waals surface area (Å²) in [5.41, 5.74) is 7.22. The Morgan fingerprint density at radius 1 is 1.23 bits per heavy atom. The van der Waals surface area contributed by atoms with Gasteiger partial charge in [-0.05, 0) is 72.0 Å². The van der Waals surface area contributed by atoms with Gasteiger partial charge in [0.05, 0.1) is 11.1 Å². The smallest absolute Gasteiger partial charge is 0.338 e. The number of anilines is 1. The van der Waals surface area contributed by atoms with Crippen molar-refractivity contribution >= 4 is 56.7 Å². The van der Waals surface area contributed by atoms with Crippen LogP contribution < -0.4 is 11.1 Å². The number of nitrogens with two attached hydrogens (primary N) is 1. The van der Waals surface area contributed by atoms with Crippen molar-refractivity contribution in [3.05, 3.63) is 49.4 Å². The maximum atomic E-state index is 12.2. The molecule has 1 aliphatic rings. The molecule has 1 heterocycles. The summed E-state index contributed by atoms with van der Waals surface area (Å²) in [6.45, 7) is -0.426. The van der Waals surface area contributed by atoms with E-state index in [0.29, 0.717) is 16.1 Å². The van der Waals surface area contributed by atoms with Gasteiger partial charge in [-0.3, -0.25) is 9.59 Å². The summed E-state index contributed by atoms with van der Waals surface area (Å²) >= 11 is 3.47. The fourth-order valence-corrected chi connectivity index (χ4v) is 4.76. The minimum Gasteiger partial charge on any atom is -0.452 e. The van der Waals surface area contributed by atoms with Gasteiger partial charge in [0.25, 0.3) is 11.8 Å². The summed E-state index contributed by atoms with van der Waals surface area (Å²) in [6, 6.07) is 6.90. The Bertz CT molecular complexity index is 878. The van der Waals surface area contributed by atoms with E-state index in [2.05, 4.69) is 27.9 Å². The third kappa shape index (κ3) is 4.24. The molecule has 3 rings (SSSR count). The van der Waals surface area contributed by atoms with Crippen LogP contribution in [-0.2, 0) is 22.4 Å². The molecule has 0 fully saturated rings. The fourth-order valence-electron chi connectivity index (χ4n) is 2.91. The minimum absolute atomic E-state index is 0.383. The first kappa shape index (κ1) is 18.8. The zero-order valence-electron chi connectivity index (χ0n) is 13.8. The molecule has 0 spiro atoms. The fraction of sp³-hybridized carbons (Fsp3) is 0.278. The minimum atomic E-state index is -0.570. The van der Waals surface area contributed by atoms with Crippen molar-refractivity contribution in [1.29, 1.82) is 0 Å². The highest BCUT2D eigenvalue weighted by Gasteiger charge is 2.25. The Labute approximate surface area is 168 Å². The first-order valence-electron chi connectivity index (χ1n) is 8.12. The van der Waals surface area contributed by atoms with Crippen LogP contribution in [0.15, 0.2) is 24.3 Å². The average Bonchev–Trinajstić information content (AvgIpc) is 2.97. The normalized spacial score (nSPS) is 13.0. The van der Waals surface area contributed by atoms with Crippen LogP contribution in [0.2, 0.25) is 0 Å². The van der Waals surface area contributed by atoms with E-state index in [-0.39, 0.29) is 0 Å². The molecule has 8 heteroatoms. The molecule has 3 N–H and O–H groups in total. The quantitative estimate of drug-likeness (QED) is 0.504. The zero-order valence-corrected chi connectivity index (χ0v) is 16.8. The highest BCUT2D eigenvalue weighted by atomic mass is 127. The number of thiophene rings is 1. The Morgan fingerprint density at radius 2 is 2.00 bits per heavy atom. The predicted octanol–water partition coefficient (Wildman–Crippen LogP) is 3.13. The van der Waals surface area contributed by atoms with Gasteiger partial charge in [-0.25, -0.2) is 4.79 Å². The van der Waals surface area contributed by atoms with E-state index in [9.17, 15) is 14.4 Å². The van der Waals surface area contributed by atoms with E-state index in [1.807, 2.05) is 6.07 Å². The predicted molar refractivity (Wildman–Crippen MR) is 108 cm³/mol. The van der Waals surface area contributed by atoms with Crippen molar-refractivity contribution < 1.29 is 19.1 Å². The van der Waals surface area contributed by atoms with Gasteiger partial charge in [-0.1, -0.05) is 6.07 Å². The lowest BCUT2D eigenvalue weighted by Crippen LogP contribution is -2.23. The van der Waals surface area contributed by atoms with Crippen LogP contribution in [0.1, 0.15) is 44.0 Å². The number of primary amides is 1.